The van der Waals surface area contributed by atoms with Gasteiger partial charge < -0.3 is 4.90 Å². The molecule has 3 aromatic rings. The van der Waals surface area contributed by atoms with Crippen LogP contribution in [0.4, 0.5) is 5.69 Å². The minimum absolute atomic E-state index is 0.0196. The Morgan fingerprint density at radius 1 is 1.28 bits per heavy atom. The van der Waals surface area contributed by atoms with E-state index in [1.807, 2.05) is 12.3 Å². The molecule has 0 saturated carbocycles. The second-order valence-corrected chi connectivity index (χ2v) is 7.99. The Kier molecular flexibility index (Phi) is 4.12. The van der Waals surface area contributed by atoms with Crippen molar-refractivity contribution in [3.05, 3.63) is 62.5 Å². The third kappa shape index (κ3) is 2.97. The van der Waals surface area contributed by atoms with Gasteiger partial charge in [0.15, 0.2) is 4.96 Å². The van der Waals surface area contributed by atoms with Crippen LogP contribution in [-0.2, 0) is 13.0 Å². The normalized spacial score (nSPS) is 14.3. The molecule has 4 nitrogen and oxygen atoms in total. The van der Waals surface area contributed by atoms with Gasteiger partial charge in [-0.2, -0.15) is 0 Å². The molecular formula is C20H23N3OS. The summed E-state index contributed by atoms with van der Waals surface area (Å²) < 4.78 is 1.69. The lowest BCUT2D eigenvalue weighted by Gasteiger charge is -2.31. The van der Waals surface area contributed by atoms with Gasteiger partial charge in [0.2, 0.25) is 0 Å². The number of aromatic nitrogens is 2. The van der Waals surface area contributed by atoms with Crippen LogP contribution in [0.5, 0.6) is 0 Å². The van der Waals surface area contributed by atoms with Gasteiger partial charge in [0, 0.05) is 29.4 Å². The molecule has 0 bridgehead atoms. The van der Waals surface area contributed by atoms with E-state index < -0.39 is 0 Å². The van der Waals surface area contributed by atoms with Crippen molar-refractivity contribution in [1.82, 2.24) is 9.38 Å². The molecule has 1 aliphatic rings. The number of rotatable bonds is 3. The fraction of sp³-hybridized carbons (Fsp3) is 0.400. The maximum atomic E-state index is 12.4. The average molecular weight is 353 g/mol. The molecule has 0 radical (unpaired) electrons. The van der Waals surface area contributed by atoms with Crippen LogP contribution in [0, 0.1) is 6.92 Å². The highest BCUT2D eigenvalue weighted by molar-refractivity contribution is 7.15. The quantitative estimate of drug-likeness (QED) is 0.710. The molecule has 1 aliphatic heterocycles. The number of thiazole rings is 1. The van der Waals surface area contributed by atoms with Crippen LogP contribution in [0.15, 0.2) is 34.4 Å². The van der Waals surface area contributed by atoms with E-state index in [0.29, 0.717) is 12.5 Å². The van der Waals surface area contributed by atoms with Gasteiger partial charge in [0.05, 0.1) is 12.2 Å². The molecule has 3 heterocycles. The van der Waals surface area contributed by atoms with Gasteiger partial charge in [-0.15, -0.1) is 11.3 Å². The van der Waals surface area contributed by atoms with Gasteiger partial charge in [0.25, 0.3) is 5.56 Å². The highest BCUT2D eigenvalue weighted by atomic mass is 32.1. The fourth-order valence-electron chi connectivity index (χ4n) is 3.60. The maximum absolute atomic E-state index is 12.4. The van der Waals surface area contributed by atoms with E-state index in [1.54, 1.807) is 10.5 Å². The van der Waals surface area contributed by atoms with Crippen molar-refractivity contribution >= 4 is 22.0 Å². The Morgan fingerprint density at radius 2 is 2.12 bits per heavy atom. The van der Waals surface area contributed by atoms with Crippen LogP contribution in [0.25, 0.3) is 4.96 Å². The molecule has 2 aromatic heterocycles. The van der Waals surface area contributed by atoms with E-state index in [1.165, 1.54) is 28.2 Å². The fourth-order valence-corrected chi connectivity index (χ4v) is 4.49. The molecule has 0 aliphatic carbocycles. The highest BCUT2D eigenvalue weighted by Crippen LogP contribution is 2.31. The highest BCUT2D eigenvalue weighted by Gasteiger charge is 2.19. The van der Waals surface area contributed by atoms with Gasteiger partial charge in [0.1, 0.15) is 0 Å². The van der Waals surface area contributed by atoms with E-state index in [0.717, 1.165) is 35.7 Å². The lowest BCUT2D eigenvalue weighted by molar-refractivity contribution is 0.681. The predicted molar refractivity (Wildman–Crippen MR) is 104 cm³/mol. The van der Waals surface area contributed by atoms with Gasteiger partial charge in [-0.3, -0.25) is 9.20 Å². The Hall–Kier alpha value is -2.14. The summed E-state index contributed by atoms with van der Waals surface area (Å²) in [7, 11) is 0. The summed E-state index contributed by atoms with van der Waals surface area (Å²) in [5.74, 6) is 0.548. The molecule has 0 N–H and O–H groups in total. The van der Waals surface area contributed by atoms with E-state index in [4.69, 9.17) is 4.98 Å². The van der Waals surface area contributed by atoms with Gasteiger partial charge in [-0.05, 0) is 42.9 Å². The van der Waals surface area contributed by atoms with Crippen molar-refractivity contribution in [2.75, 3.05) is 11.4 Å². The third-order valence-electron chi connectivity index (χ3n) is 4.97. The van der Waals surface area contributed by atoms with Crippen LogP contribution < -0.4 is 10.5 Å². The Morgan fingerprint density at radius 3 is 2.92 bits per heavy atom. The lowest BCUT2D eigenvalue weighted by Crippen LogP contribution is -2.30. The first kappa shape index (κ1) is 16.3. The molecule has 0 spiro atoms. The first-order valence-electron chi connectivity index (χ1n) is 8.87. The summed E-state index contributed by atoms with van der Waals surface area (Å²) in [6.45, 7) is 8.12. The Bertz CT molecular complexity index is 986. The first-order valence-corrected chi connectivity index (χ1v) is 9.75. The van der Waals surface area contributed by atoms with Crippen molar-refractivity contribution < 1.29 is 0 Å². The summed E-state index contributed by atoms with van der Waals surface area (Å²) in [6, 6.07) is 8.50. The van der Waals surface area contributed by atoms with Gasteiger partial charge >= 0.3 is 0 Å². The molecule has 0 fully saturated rings. The molecule has 0 atom stereocenters. The zero-order valence-electron chi connectivity index (χ0n) is 15.0. The topological polar surface area (TPSA) is 37.6 Å². The first-order chi connectivity index (χ1) is 12.0. The molecule has 5 heteroatoms. The van der Waals surface area contributed by atoms with Crippen molar-refractivity contribution in [3.63, 3.8) is 0 Å². The lowest BCUT2D eigenvalue weighted by atomic mass is 9.95. The molecular weight excluding hydrogens is 330 g/mol. The summed E-state index contributed by atoms with van der Waals surface area (Å²) in [4.78, 5) is 20.3. The number of anilines is 1. The van der Waals surface area contributed by atoms with E-state index in [-0.39, 0.29) is 5.56 Å². The minimum Gasteiger partial charge on any atom is -0.365 e. The minimum atomic E-state index is 0.0196. The van der Waals surface area contributed by atoms with E-state index >= 15 is 0 Å². The third-order valence-corrected chi connectivity index (χ3v) is 5.91. The summed E-state index contributed by atoms with van der Waals surface area (Å²) in [5, 5.41) is 1.98. The molecule has 0 unspecified atom stereocenters. The molecule has 0 amide bonds. The molecule has 1 aromatic carbocycles. The maximum Gasteiger partial charge on any atom is 0.259 e. The molecule has 25 heavy (non-hydrogen) atoms. The number of fused-ring (bicyclic) bond motifs is 2. The van der Waals surface area contributed by atoms with Crippen LogP contribution in [0.3, 0.4) is 0 Å². The monoisotopic (exact) mass is 353 g/mol. The van der Waals surface area contributed by atoms with Crippen molar-refractivity contribution in [1.29, 1.82) is 0 Å². The predicted octanol–water partition coefficient (Wildman–Crippen LogP) is 4.14. The van der Waals surface area contributed by atoms with E-state index in [2.05, 4.69) is 36.9 Å². The number of hydrogen-bond acceptors (Lipinski definition) is 4. The number of nitrogens with zero attached hydrogens (tertiary/aromatic N) is 3. The average Bonchev–Trinajstić information content (AvgIpc) is 2.96. The Balaban J connectivity index is 1.67. The smallest absolute Gasteiger partial charge is 0.259 e. The number of aryl methyl sites for hydroxylation is 2. The van der Waals surface area contributed by atoms with Crippen molar-refractivity contribution in [2.24, 2.45) is 0 Å². The second-order valence-electron chi connectivity index (χ2n) is 7.15. The van der Waals surface area contributed by atoms with Crippen LogP contribution in [0.1, 0.15) is 48.7 Å². The summed E-state index contributed by atoms with van der Waals surface area (Å²) in [5.41, 5.74) is 5.93. The second kappa shape index (κ2) is 6.30. The van der Waals surface area contributed by atoms with Crippen LogP contribution in [0.2, 0.25) is 0 Å². The largest absolute Gasteiger partial charge is 0.365 e. The molecule has 4 rings (SSSR count). The number of hydrogen-bond donors (Lipinski definition) is 0. The zero-order chi connectivity index (χ0) is 17.6. The van der Waals surface area contributed by atoms with Crippen molar-refractivity contribution in [3.8, 4) is 0 Å². The van der Waals surface area contributed by atoms with Gasteiger partial charge in [-0.1, -0.05) is 26.0 Å². The molecule has 0 saturated heterocycles. The summed E-state index contributed by atoms with van der Waals surface area (Å²) >= 11 is 1.53. The van der Waals surface area contributed by atoms with E-state index in [9.17, 15) is 4.79 Å². The number of benzene rings is 1. The summed E-state index contributed by atoms with van der Waals surface area (Å²) in [6.07, 6.45) is 2.28. The van der Waals surface area contributed by atoms with Crippen LogP contribution in [-0.4, -0.2) is 15.9 Å². The standard InChI is InChI=1S/C20H23N3OS/c1-13(2)15-6-7-18-16(9-15)5-4-8-22(18)11-17-10-19(24)23-14(3)12-25-20(23)21-17/h6-7,9-10,12-13H,4-5,8,11H2,1-3H3. The van der Waals surface area contributed by atoms with Gasteiger partial charge in [-0.25, -0.2) is 4.98 Å². The zero-order valence-corrected chi connectivity index (χ0v) is 15.8. The van der Waals surface area contributed by atoms with Crippen molar-refractivity contribution in [2.45, 2.75) is 46.1 Å². The Labute approximate surface area is 151 Å². The molecule has 130 valence electrons. The van der Waals surface area contributed by atoms with Crippen LogP contribution >= 0.6 is 11.3 Å². The SMILES string of the molecule is Cc1csc2nc(CN3CCCc4cc(C(C)C)ccc43)cc(=O)n12.